The van der Waals surface area contributed by atoms with E-state index in [0.717, 1.165) is 27.7 Å². The van der Waals surface area contributed by atoms with Gasteiger partial charge in [-0.1, -0.05) is 37.2 Å². The van der Waals surface area contributed by atoms with Crippen LogP contribution in [0.1, 0.15) is 43.5 Å². The van der Waals surface area contributed by atoms with E-state index in [4.69, 9.17) is 19.5 Å². The number of nitrogens with one attached hydrogen (secondary N) is 2. The third kappa shape index (κ3) is 6.98. The molecule has 0 aliphatic carbocycles. The third-order valence-electron chi connectivity index (χ3n) is 6.03. The summed E-state index contributed by atoms with van der Waals surface area (Å²) in [5.41, 5.74) is 6.02. The summed E-state index contributed by atoms with van der Waals surface area (Å²) in [6.45, 7) is 6.45. The molecule has 0 bridgehead atoms. The molecule has 3 N–H and O–H groups in total. The van der Waals surface area contributed by atoms with Gasteiger partial charge in [0.1, 0.15) is 12.4 Å². The molecule has 10 nitrogen and oxygen atoms in total. The van der Waals surface area contributed by atoms with E-state index in [9.17, 15) is 9.59 Å². The summed E-state index contributed by atoms with van der Waals surface area (Å²) in [6, 6.07) is 16.8. The van der Waals surface area contributed by atoms with Gasteiger partial charge in [0.25, 0.3) is 0 Å². The number of benzene rings is 2. The Morgan fingerprint density at radius 1 is 1.16 bits per heavy atom. The topological polar surface area (TPSA) is 131 Å². The monoisotopic (exact) mass is 520 g/mol. The van der Waals surface area contributed by atoms with Crippen LogP contribution in [0.5, 0.6) is 5.75 Å². The van der Waals surface area contributed by atoms with Gasteiger partial charge in [-0.25, -0.2) is 10.3 Å². The summed E-state index contributed by atoms with van der Waals surface area (Å²) < 4.78 is 11.2. The number of aromatic nitrogens is 1. The van der Waals surface area contributed by atoms with Gasteiger partial charge >= 0.3 is 6.09 Å². The summed E-state index contributed by atoms with van der Waals surface area (Å²) in [6.07, 6.45) is -1.11. The number of nitrogens with zero attached hydrogens (tertiary/aromatic N) is 2. The maximum atomic E-state index is 12.2. The van der Waals surface area contributed by atoms with Crippen molar-refractivity contribution in [3.05, 3.63) is 71.4 Å². The fraction of sp³-hybridized carbons (Fsp3) is 0.357. The summed E-state index contributed by atoms with van der Waals surface area (Å²) in [7, 11) is 0. The molecular weight excluding hydrogens is 488 g/mol. The molecule has 1 aliphatic rings. The molecule has 0 radical (unpaired) electrons. The second-order valence-electron chi connectivity index (χ2n) is 9.62. The first-order chi connectivity index (χ1) is 18.3. The summed E-state index contributed by atoms with van der Waals surface area (Å²) in [4.78, 5) is 34.1. The molecule has 4 rings (SSSR count). The van der Waals surface area contributed by atoms with Crippen LogP contribution in [0.2, 0.25) is 0 Å². The van der Waals surface area contributed by atoms with Crippen LogP contribution in [0.15, 0.2) is 59.8 Å². The molecular formula is C28H32N4O6. The van der Waals surface area contributed by atoms with Gasteiger partial charge in [-0.2, -0.15) is 0 Å². The van der Waals surface area contributed by atoms with Crippen molar-refractivity contribution in [1.29, 1.82) is 0 Å². The minimum absolute atomic E-state index is 0.165. The van der Waals surface area contributed by atoms with Crippen molar-refractivity contribution in [2.75, 3.05) is 6.61 Å². The largest absolute Gasteiger partial charge is 0.489 e. The maximum absolute atomic E-state index is 12.2. The van der Waals surface area contributed by atoms with Crippen molar-refractivity contribution in [2.45, 2.75) is 52.4 Å². The van der Waals surface area contributed by atoms with Crippen LogP contribution >= 0.6 is 0 Å². The van der Waals surface area contributed by atoms with Crippen molar-refractivity contribution in [1.82, 2.24) is 15.8 Å². The van der Waals surface area contributed by atoms with E-state index in [1.54, 1.807) is 5.48 Å². The minimum atomic E-state index is -0.746. The SMILES string of the molecule is Cc1cc(COc2ccc(C3=NOC(C(CC(=O)NO)NC(=O)OCC(C)C)C3)cc2)c2ccccc2n1. The predicted molar refractivity (Wildman–Crippen MR) is 141 cm³/mol. The van der Waals surface area contributed by atoms with E-state index in [1.807, 2.05) is 75.4 Å². The van der Waals surface area contributed by atoms with Crippen molar-refractivity contribution in [3.8, 4) is 5.75 Å². The predicted octanol–water partition coefficient (Wildman–Crippen LogP) is 4.26. The molecule has 2 amide bonds. The first kappa shape index (κ1) is 26.9. The molecule has 2 aromatic carbocycles. The molecule has 0 fully saturated rings. The van der Waals surface area contributed by atoms with E-state index < -0.39 is 24.1 Å². The second-order valence-corrected chi connectivity index (χ2v) is 9.62. The zero-order valence-corrected chi connectivity index (χ0v) is 21.6. The second kappa shape index (κ2) is 12.4. The van der Waals surface area contributed by atoms with Crippen LogP contribution in [0, 0.1) is 12.8 Å². The molecule has 2 atom stereocenters. The lowest BCUT2D eigenvalue weighted by molar-refractivity contribution is -0.130. The van der Waals surface area contributed by atoms with Crippen LogP contribution < -0.4 is 15.5 Å². The highest BCUT2D eigenvalue weighted by molar-refractivity contribution is 6.01. The molecule has 10 heteroatoms. The number of hydrogen-bond acceptors (Lipinski definition) is 8. The molecule has 0 saturated carbocycles. The zero-order valence-electron chi connectivity index (χ0n) is 21.6. The van der Waals surface area contributed by atoms with Gasteiger partial charge in [-0.05, 0) is 54.8 Å². The van der Waals surface area contributed by atoms with E-state index in [1.165, 1.54) is 0 Å². The molecule has 2 heterocycles. The lowest BCUT2D eigenvalue weighted by Gasteiger charge is -2.22. The molecule has 38 heavy (non-hydrogen) atoms. The van der Waals surface area contributed by atoms with Crippen molar-refractivity contribution >= 4 is 28.6 Å². The number of hydrogen-bond donors (Lipinski definition) is 3. The van der Waals surface area contributed by atoms with Crippen LogP contribution in [0.3, 0.4) is 0 Å². The minimum Gasteiger partial charge on any atom is -0.489 e. The highest BCUT2D eigenvalue weighted by Gasteiger charge is 2.33. The summed E-state index contributed by atoms with van der Waals surface area (Å²) >= 11 is 0. The molecule has 2 unspecified atom stereocenters. The Hall–Kier alpha value is -4.18. The normalized spacial score (nSPS) is 15.5. The smallest absolute Gasteiger partial charge is 0.407 e. The van der Waals surface area contributed by atoms with Crippen molar-refractivity contribution in [2.24, 2.45) is 11.1 Å². The number of para-hydroxylation sites is 1. The summed E-state index contributed by atoms with van der Waals surface area (Å²) in [5.74, 6) is 0.211. The molecule has 3 aromatic rings. The Balaban J connectivity index is 1.37. The Labute approximate surface area is 220 Å². The van der Waals surface area contributed by atoms with Crippen molar-refractivity contribution < 1.29 is 29.1 Å². The lowest BCUT2D eigenvalue weighted by atomic mass is 9.98. The first-order valence-corrected chi connectivity index (χ1v) is 12.5. The van der Waals surface area contributed by atoms with Gasteiger partial charge in [0.2, 0.25) is 5.91 Å². The number of fused-ring (bicyclic) bond motifs is 1. The number of aryl methyl sites for hydroxylation is 1. The number of amides is 2. The van der Waals surface area contributed by atoms with Crippen LogP contribution in [-0.2, 0) is 21.0 Å². The number of oxime groups is 1. The van der Waals surface area contributed by atoms with Gasteiger partial charge in [-0.15, -0.1) is 0 Å². The average Bonchev–Trinajstić information content (AvgIpc) is 3.40. The van der Waals surface area contributed by atoms with Gasteiger partial charge < -0.3 is 19.6 Å². The van der Waals surface area contributed by atoms with E-state index in [2.05, 4.69) is 15.5 Å². The standard InChI is InChI=1S/C28H32N4O6/c1-17(2)15-37-28(34)30-25(14-27(33)31-35)26-13-24(32-38-26)19-8-10-21(11-9-19)36-16-20-12-18(3)29-23-7-5-4-6-22(20)23/h4-12,17,25-26,35H,13-16H2,1-3H3,(H,30,34)(H,31,33). The fourth-order valence-electron chi connectivity index (χ4n) is 4.16. The molecule has 0 saturated heterocycles. The maximum Gasteiger partial charge on any atom is 0.407 e. The quantitative estimate of drug-likeness (QED) is 0.269. The average molecular weight is 521 g/mol. The fourth-order valence-corrected chi connectivity index (χ4v) is 4.16. The van der Waals surface area contributed by atoms with Crippen LogP contribution in [0.25, 0.3) is 10.9 Å². The number of carbonyl (C=O) groups excluding carboxylic acids is 2. The van der Waals surface area contributed by atoms with E-state index in [-0.39, 0.29) is 18.9 Å². The summed E-state index contributed by atoms with van der Waals surface area (Å²) in [5, 5.41) is 16.8. The number of alkyl carbamates (subject to hydrolysis) is 1. The number of pyridine rings is 1. The molecule has 0 spiro atoms. The van der Waals surface area contributed by atoms with E-state index in [0.29, 0.717) is 24.5 Å². The highest BCUT2D eigenvalue weighted by atomic mass is 16.6. The van der Waals surface area contributed by atoms with Gasteiger partial charge in [0.05, 0.1) is 30.3 Å². The van der Waals surface area contributed by atoms with E-state index >= 15 is 0 Å². The Morgan fingerprint density at radius 2 is 1.92 bits per heavy atom. The molecule has 200 valence electrons. The Kier molecular flexibility index (Phi) is 8.75. The number of carbonyl (C=O) groups is 2. The third-order valence-corrected chi connectivity index (χ3v) is 6.03. The van der Waals surface area contributed by atoms with Gasteiger partial charge in [0, 0.05) is 23.1 Å². The van der Waals surface area contributed by atoms with Gasteiger partial charge in [-0.3, -0.25) is 15.0 Å². The molecule has 1 aromatic heterocycles. The van der Waals surface area contributed by atoms with Crippen LogP contribution in [0.4, 0.5) is 4.79 Å². The first-order valence-electron chi connectivity index (χ1n) is 12.5. The number of ether oxygens (including phenoxy) is 2. The Bertz CT molecular complexity index is 1310. The van der Waals surface area contributed by atoms with Gasteiger partial charge in [0.15, 0.2) is 6.10 Å². The molecule has 1 aliphatic heterocycles. The Morgan fingerprint density at radius 3 is 2.66 bits per heavy atom. The number of rotatable bonds is 10. The zero-order chi connectivity index (χ0) is 27.1. The van der Waals surface area contributed by atoms with Crippen LogP contribution in [-0.4, -0.2) is 46.7 Å². The number of hydroxylamine groups is 1. The lowest BCUT2D eigenvalue weighted by Crippen LogP contribution is -2.46. The van der Waals surface area contributed by atoms with Crippen molar-refractivity contribution in [3.63, 3.8) is 0 Å². The highest BCUT2D eigenvalue weighted by Crippen LogP contribution is 2.24.